The summed E-state index contributed by atoms with van der Waals surface area (Å²) in [4.78, 5) is 4.21. The van der Waals surface area contributed by atoms with Crippen molar-refractivity contribution < 1.29 is 13.2 Å². The number of anilines is 2. The molecule has 0 aliphatic heterocycles. The third-order valence-corrected chi connectivity index (χ3v) is 3.80. The molecule has 0 spiro atoms. The zero-order valence-electron chi connectivity index (χ0n) is 9.75. The Morgan fingerprint density at radius 1 is 1.05 bits per heavy atom. The molecule has 0 bridgehead atoms. The first-order valence-corrected chi connectivity index (χ1v) is 6.70. The van der Waals surface area contributed by atoms with Crippen molar-refractivity contribution in [1.29, 1.82) is 0 Å². The van der Waals surface area contributed by atoms with Crippen LogP contribution in [-0.4, -0.2) is 4.98 Å². The van der Waals surface area contributed by atoms with Crippen molar-refractivity contribution in [2.75, 3.05) is 5.32 Å². The van der Waals surface area contributed by atoms with E-state index < -0.39 is 17.5 Å². The van der Waals surface area contributed by atoms with Gasteiger partial charge in [-0.25, -0.2) is 18.2 Å². The van der Waals surface area contributed by atoms with Gasteiger partial charge in [-0.15, -0.1) is 0 Å². The van der Waals surface area contributed by atoms with E-state index in [1.165, 1.54) is 11.3 Å². The largest absolute Gasteiger partial charge is 0.329 e. The van der Waals surface area contributed by atoms with E-state index in [2.05, 4.69) is 10.3 Å². The van der Waals surface area contributed by atoms with E-state index in [0.29, 0.717) is 15.7 Å². The van der Waals surface area contributed by atoms with Crippen molar-refractivity contribution in [2.24, 2.45) is 0 Å². The minimum absolute atomic E-state index is 0.172. The zero-order chi connectivity index (χ0) is 14.3. The van der Waals surface area contributed by atoms with E-state index >= 15 is 0 Å². The number of hydrogen-bond acceptors (Lipinski definition) is 3. The molecule has 1 heterocycles. The van der Waals surface area contributed by atoms with Gasteiger partial charge in [-0.2, -0.15) is 0 Å². The van der Waals surface area contributed by atoms with Gasteiger partial charge in [0.25, 0.3) is 0 Å². The van der Waals surface area contributed by atoms with E-state index in [4.69, 9.17) is 11.6 Å². The van der Waals surface area contributed by atoms with Gasteiger partial charge in [0.1, 0.15) is 0 Å². The highest BCUT2D eigenvalue weighted by Crippen LogP contribution is 2.31. The third kappa shape index (κ3) is 2.32. The maximum absolute atomic E-state index is 13.5. The van der Waals surface area contributed by atoms with Crippen LogP contribution in [-0.2, 0) is 0 Å². The molecule has 0 unspecified atom stereocenters. The van der Waals surface area contributed by atoms with Crippen molar-refractivity contribution in [3.63, 3.8) is 0 Å². The van der Waals surface area contributed by atoms with Crippen LogP contribution in [0.2, 0.25) is 5.02 Å². The van der Waals surface area contributed by atoms with E-state index in [9.17, 15) is 13.2 Å². The van der Waals surface area contributed by atoms with Gasteiger partial charge < -0.3 is 5.32 Å². The van der Waals surface area contributed by atoms with Crippen LogP contribution in [0.5, 0.6) is 0 Å². The van der Waals surface area contributed by atoms with Crippen LogP contribution >= 0.6 is 22.9 Å². The molecule has 3 rings (SSSR count). The smallest absolute Gasteiger partial charge is 0.196 e. The summed E-state index contributed by atoms with van der Waals surface area (Å²) < 4.78 is 40.3. The average Bonchev–Trinajstić information content (AvgIpc) is 2.81. The Bertz CT molecular complexity index is 804. The fraction of sp³-hybridized carbons (Fsp3) is 0. The molecule has 0 aliphatic rings. The summed E-state index contributed by atoms with van der Waals surface area (Å²) in [5.74, 6) is -4.02. The predicted molar refractivity (Wildman–Crippen MR) is 74.2 cm³/mol. The van der Waals surface area contributed by atoms with Gasteiger partial charge >= 0.3 is 0 Å². The first-order chi connectivity index (χ1) is 9.54. The summed E-state index contributed by atoms with van der Waals surface area (Å²) in [5, 5.41) is 3.56. The number of aromatic nitrogens is 1. The molecule has 0 saturated heterocycles. The van der Waals surface area contributed by atoms with Crippen LogP contribution in [0.25, 0.3) is 10.2 Å². The van der Waals surface area contributed by atoms with Gasteiger partial charge in [-0.3, -0.25) is 0 Å². The number of nitrogens with one attached hydrogen (secondary N) is 1. The Morgan fingerprint density at radius 2 is 1.85 bits per heavy atom. The Labute approximate surface area is 120 Å². The summed E-state index contributed by atoms with van der Waals surface area (Å²) in [6.45, 7) is 0. The SMILES string of the molecule is Fc1ccc(Nc2nc3ccc(Cl)cc3s2)c(F)c1F. The molecule has 2 nitrogen and oxygen atoms in total. The fourth-order valence-electron chi connectivity index (χ4n) is 1.69. The normalized spacial score (nSPS) is 11.0. The monoisotopic (exact) mass is 314 g/mol. The second-order valence-corrected chi connectivity index (χ2v) is 5.45. The molecule has 7 heteroatoms. The van der Waals surface area contributed by atoms with E-state index in [0.717, 1.165) is 16.8 Å². The molecule has 0 fully saturated rings. The highest BCUT2D eigenvalue weighted by Gasteiger charge is 2.14. The maximum Gasteiger partial charge on any atom is 0.196 e. The lowest BCUT2D eigenvalue weighted by Crippen LogP contribution is -1.98. The van der Waals surface area contributed by atoms with Crippen LogP contribution in [0.15, 0.2) is 30.3 Å². The molecule has 0 radical (unpaired) electrons. The molecule has 0 atom stereocenters. The summed E-state index contributed by atoms with van der Waals surface area (Å²) in [6, 6.07) is 7.10. The molecule has 1 aromatic heterocycles. The summed E-state index contributed by atoms with van der Waals surface area (Å²) >= 11 is 7.09. The molecule has 20 heavy (non-hydrogen) atoms. The van der Waals surface area contributed by atoms with Crippen LogP contribution in [0.1, 0.15) is 0 Å². The fourth-order valence-corrected chi connectivity index (χ4v) is 2.84. The Hall–Kier alpha value is -1.79. The van der Waals surface area contributed by atoms with Crippen LogP contribution in [0.3, 0.4) is 0 Å². The second kappa shape index (κ2) is 4.96. The highest BCUT2D eigenvalue weighted by molar-refractivity contribution is 7.22. The number of fused-ring (bicyclic) bond motifs is 1. The second-order valence-electron chi connectivity index (χ2n) is 3.98. The lowest BCUT2D eigenvalue weighted by molar-refractivity contribution is 0.449. The molecule has 0 saturated carbocycles. The number of benzene rings is 2. The third-order valence-electron chi connectivity index (χ3n) is 2.63. The molecular formula is C13H6ClF3N2S. The summed E-state index contributed by atoms with van der Waals surface area (Å²) in [7, 11) is 0. The zero-order valence-corrected chi connectivity index (χ0v) is 11.3. The van der Waals surface area contributed by atoms with E-state index in [1.807, 2.05) is 0 Å². The number of hydrogen-bond donors (Lipinski definition) is 1. The Balaban J connectivity index is 1.99. The number of halogens is 4. The molecule has 102 valence electrons. The molecule has 0 aliphatic carbocycles. The van der Waals surface area contributed by atoms with Gasteiger partial charge in [0, 0.05) is 5.02 Å². The van der Waals surface area contributed by atoms with Crippen molar-refractivity contribution in [3.8, 4) is 0 Å². The number of thiazole rings is 1. The highest BCUT2D eigenvalue weighted by atomic mass is 35.5. The van der Waals surface area contributed by atoms with Gasteiger partial charge in [0.2, 0.25) is 0 Å². The topological polar surface area (TPSA) is 24.9 Å². The van der Waals surface area contributed by atoms with Crippen molar-refractivity contribution in [2.45, 2.75) is 0 Å². The Morgan fingerprint density at radius 3 is 2.65 bits per heavy atom. The maximum atomic E-state index is 13.5. The summed E-state index contributed by atoms with van der Waals surface area (Å²) in [5.41, 5.74) is 0.513. The van der Waals surface area contributed by atoms with Gasteiger partial charge in [-0.1, -0.05) is 22.9 Å². The van der Waals surface area contributed by atoms with E-state index in [-0.39, 0.29) is 5.69 Å². The minimum Gasteiger partial charge on any atom is -0.329 e. The van der Waals surface area contributed by atoms with Crippen molar-refractivity contribution in [1.82, 2.24) is 4.98 Å². The summed E-state index contributed by atoms with van der Waals surface area (Å²) in [6.07, 6.45) is 0. The minimum atomic E-state index is -1.51. The van der Waals surface area contributed by atoms with Gasteiger partial charge in [0.15, 0.2) is 22.6 Å². The number of rotatable bonds is 2. The predicted octanol–water partition coefficient (Wildman–Crippen LogP) is 5.11. The Kier molecular flexibility index (Phi) is 3.27. The van der Waals surface area contributed by atoms with Crippen LogP contribution < -0.4 is 5.32 Å². The van der Waals surface area contributed by atoms with Crippen LogP contribution in [0, 0.1) is 17.5 Å². The van der Waals surface area contributed by atoms with Crippen molar-refractivity contribution in [3.05, 3.63) is 52.8 Å². The van der Waals surface area contributed by atoms with Gasteiger partial charge in [-0.05, 0) is 30.3 Å². The molecule has 2 aromatic carbocycles. The average molecular weight is 315 g/mol. The van der Waals surface area contributed by atoms with Crippen molar-refractivity contribution >= 4 is 44.0 Å². The molecule has 1 N–H and O–H groups in total. The lowest BCUT2D eigenvalue weighted by atomic mass is 10.3. The first-order valence-electron chi connectivity index (χ1n) is 5.51. The lowest BCUT2D eigenvalue weighted by Gasteiger charge is -2.04. The number of nitrogens with zero attached hydrogens (tertiary/aromatic N) is 1. The van der Waals surface area contributed by atoms with Crippen LogP contribution in [0.4, 0.5) is 24.0 Å². The molecular weight excluding hydrogens is 309 g/mol. The van der Waals surface area contributed by atoms with E-state index in [1.54, 1.807) is 18.2 Å². The molecule has 3 aromatic rings. The first kappa shape index (κ1) is 13.2. The van der Waals surface area contributed by atoms with Gasteiger partial charge in [0.05, 0.1) is 15.9 Å². The quantitative estimate of drug-likeness (QED) is 0.665. The standard InChI is InChI=1S/C13H6ClF3N2S/c14-6-1-3-8-10(5-6)20-13(18-8)19-9-4-2-7(15)11(16)12(9)17/h1-5H,(H,18,19). The molecule has 0 amide bonds.